The average Bonchev–Trinajstić information content (AvgIpc) is 2.85. The number of hydrogen-bond donors (Lipinski definition) is 1. The molecule has 112 valence electrons. The van der Waals surface area contributed by atoms with Crippen LogP contribution in [0.5, 0.6) is 5.75 Å². The normalized spacial score (nSPS) is 10.4. The number of nitrogens with one attached hydrogen (secondary N) is 1. The molecule has 1 N–H and O–H groups in total. The van der Waals surface area contributed by atoms with Crippen molar-refractivity contribution in [2.45, 2.75) is 13.3 Å². The number of rotatable bonds is 7. The lowest BCUT2D eigenvalue weighted by molar-refractivity contribution is -0.385. The highest BCUT2D eigenvalue weighted by molar-refractivity contribution is 5.58. The molecular formula is C13H17N5O3. The zero-order chi connectivity index (χ0) is 15.2. The highest BCUT2D eigenvalue weighted by Gasteiger charge is 2.15. The molecule has 0 unspecified atom stereocenters. The maximum Gasteiger partial charge on any atom is 0.311 e. The third kappa shape index (κ3) is 3.91. The summed E-state index contributed by atoms with van der Waals surface area (Å²) >= 11 is 0. The van der Waals surface area contributed by atoms with Gasteiger partial charge in [0.15, 0.2) is 11.6 Å². The van der Waals surface area contributed by atoms with Gasteiger partial charge in [0.25, 0.3) is 0 Å². The second kappa shape index (κ2) is 6.69. The second-order valence-electron chi connectivity index (χ2n) is 4.38. The van der Waals surface area contributed by atoms with Crippen LogP contribution in [0.25, 0.3) is 0 Å². The number of nitro groups is 1. The van der Waals surface area contributed by atoms with Gasteiger partial charge in [-0.2, -0.15) is 5.10 Å². The van der Waals surface area contributed by atoms with Gasteiger partial charge in [0.1, 0.15) is 6.33 Å². The SMILES string of the molecule is CCOc1cc(NCCc2ncn(C)n2)ccc1[N+](=O)[O-]. The predicted molar refractivity (Wildman–Crippen MR) is 77.5 cm³/mol. The number of aromatic nitrogens is 3. The van der Waals surface area contributed by atoms with Gasteiger partial charge < -0.3 is 10.1 Å². The van der Waals surface area contributed by atoms with Crippen LogP contribution < -0.4 is 10.1 Å². The van der Waals surface area contributed by atoms with Gasteiger partial charge in [-0.3, -0.25) is 14.8 Å². The summed E-state index contributed by atoms with van der Waals surface area (Å²) in [7, 11) is 1.81. The largest absolute Gasteiger partial charge is 0.487 e. The molecule has 0 aliphatic carbocycles. The highest BCUT2D eigenvalue weighted by Crippen LogP contribution is 2.29. The van der Waals surface area contributed by atoms with Crippen molar-refractivity contribution in [3.05, 3.63) is 40.5 Å². The van der Waals surface area contributed by atoms with E-state index in [4.69, 9.17) is 4.74 Å². The molecule has 2 aromatic rings. The van der Waals surface area contributed by atoms with Crippen LogP contribution >= 0.6 is 0 Å². The maximum absolute atomic E-state index is 10.9. The maximum atomic E-state index is 10.9. The Balaban J connectivity index is 1.99. The minimum absolute atomic E-state index is 0.0335. The minimum Gasteiger partial charge on any atom is -0.487 e. The van der Waals surface area contributed by atoms with Crippen LogP contribution in [0.4, 0.5) is 11.4 Å². The van der Waals surface area contributed by atoms with Gasteiger partial charge >= 0.3 is 5.69 Å². The number of benzene rings is 1. The molecule has 2 rings (SSSR count). The first-order chi connectivity index (χ1) is 10.1. The van der Waals surface area contributed by atoms with Gasteiger partial charge in [-0.15, -0.1) is 0 Å². The Morgan fingerprint density at radius 1 is 1.48 bits per heavy atom. The van der Waals surface area contributed by atoms with Crippen LogP contribution in [0, 0.1) is 10.1 Å². The summed E-state index contributed by atoms with van der Waals surface area (Å²) in [5.41, 5.74) is 0.730. The molecule has 1 aromatic carbocycles. The minimum atomic E-state index is -0.452. The van der Waals surface area contributed by atoms with Crippen LogP contribution in [-0.4, -0.2) is 32.8 Å². The van der Waals surface area contributed by atoms with Crippen molar-refractivity contribution in [2.24, 2.45) is 7.05 Å². The Morgan fingerprint density at radius 3 is 2.90 bits per heavy atom. The van der Waals surface area contributed by atoms with Gasteiger partial charge in [0.05, 0.1) is 11.5 Å². The summed E-state index contributed by atoms with van der Waals surface area (Å²) < 4.78 is 6.94. The van der Waals surface area contributed by atoms with Crippen molar-refractivity contribution in [3.8, 4) is 5.75 Å². The number of aryl methyl sites for hydroxylation is 1. The molecule has 0 spiro atoms. The van der Waals surface area contributed by atoms with Crippen LogP contribution in [0.2, 0.25) is 0 Å². The molecule has 0 atom stereocenters. The molecule has 1 heterocycles. The highest BCUT2D eigenvalue weighted by atomic mass is 16.6. The third-order valence-electron chi connectivity index (χ3n) is 2.78. The fourth-order valence-corrected chi connectivity index (χ4v) is 1.86. The second-order valence-corrected chi connectivity index (χ2v) is 4.38. The lowest BCUT2D eigenvalue weighted by Gasteiger charge is -2.08. The molecular weight excluding hydrogens is 274 g/mol. The van der Waals surface area contributed by atoms with Gasteiger partial charge in [0, 0.05) is 37.8 Å². The standard InChI is InChI=1S/C13H17N5O3/c1-3-21-12-8-10(4-5-11(12)18(19)20)14-7-6-13-15-9-17(2)16-13/h4-5,8-9,14H,3,6-7H2,1-2H3. The Morgan fingerprint density at radius 2 is 2.29 bits per heavy atom. The quantitative estimate of drug-likeness (QED) is 0.617. The smallest absolute Gasteiger partial charge is 0.311 e. The number of anilines is 1. The van der Waals surface area contributed by atoms with E-state index in [1.54, 1.807) is 30.1 Å². The molecule has 0 aliphatic heterocycles. The first-order valence-corrected chi connectivity index (χ1v) is 6.59. The van der Waals surface area contributed by atoms with Gasteiger partial charge in [-0.25, -0.2) is 4.98 Å². The molecule has 1 aromatic heterocycles. The molecule has 21 heavy (non-hydrogen) atoms. The number of nitro benzene ring substituents is 1. The number of hydrogen-bond acceptors (Lipinski definition) is 6. The molecule has 8 heteroatoms. The van der Waals surface area contributed by atoms with Crippen LogP contribution in [0.15, 0.2) is 24.5 Å². The zero-order valence-corrected chi connectivity index (χ0v) is 11.9. The summed E-state index contributed by atoms with van der Waals surface area (Å²) in [4.78, 5) is 14.6. The predicted octanol–water partition coefficient (Wildman–Crippen LogP) is 1.78. The van der Waals surface area contributed by atoms with Crippen molar-refractivity contribution in [3.63, 3.8) is 0 Å². The topological polar surface area (TPSA) is 95.1 Å². The average molecular weight is 291 g/mol. The Hall–Kier alpha value is -2.64. The van der Waals surface area contributed by atoms with Crippen molar-refractivity contribution in [1.29, 1.82) is 0 Å². The van der Waals surface area contributed by atoms with Crippen LogP contribution in [0.3, 0.4) is 0 Å². The van der Waals surface area contributed by atoms with E-state index >= 15 is 0 Å². The molecule has 0 amide bonds. The lowest BCUT2D eigenvalue weighted by Crippen LogP contribution is -2.07. The van der Waals surface area contributed by atoms with Crippen LogP contribution in [-0.2, 0) is 13.5 Å². The Labute approximate surface area is 121 Å². The molecule has 0 radical (unpaired) electrons. The molecule has 0 saturated carbocycles. The molecule has 0 saturated heterocycles. The third-order valence-corrected chi connectivity index (χ3v) is 2.78. The Bertz CT molecular complexity index is 626. The van der Waals surface area contributed by atoms with E-state index in [0.29, 0.717) is 19.6 Å². The Kier molecular flexibility index (Phi) is 4.70. The monoisotopic (exact) mass is 291 g/mol. The van der Waals surface area contributed by atoms with E-state index in [9.17, 15) is 10.1 Å². The van der Waals surface area contributed by atoms with Gasteiger partial charge in [0.2, 0.25) is 0 Å². The van der Waals surface area contributed by atoms with Gasteiger partial charge in [-0.1, -0.05) is 0 Å². The van der Waals surface area contributed by atoms with Crippen LogP contribution in [0.1, 0.15) is 12.7 Å². The van der Waals surface area contributed by atoms with E-state index in [1.807, 2.05) is 7.05 Å². The molecule has 8 nitrogen and oxygen atoms in total. The summed E-state index contributed by atoms with van der Waals surface area (Å²) in [6.45, 7) is 2.80. The van der Waals surface area contributed by atoms with E-state index < -0.39 is 4.92 Å². The summed E-state index contributed by atoms with van der Waals surface area (Å²) in [5, 5.41) is 18.2. The lowest BCUT2D eigenvalue weighted by atomic mass is 10.2. The summed E-state index contributed by atoms with van der Waals surface area (Å²) in [6, 6.07) is 4.73. The number of nitrogens with zero attached hydrogens (tertiary/aromatic N) is 4. The van der Waals surface area contributed by atoms with Crippen molar-refractivity contribution >= 4 is 11.4 Å². The van der Waals surface area contributed by atoms with E-state index in [0.717, 1.165) is 11.5 Å². The number of ether oxygens (including phenoxy) is 1. The van der Waals surface area contributed by atoms with Crippen molar-refractivity contribution in [2.75, 3.05) is 18.5 Å². The fraction of sp³-hybridized carbons (Fsp3) is 0.385. The fourth-order valence-electron chi connectivity index (χ4n) is 1.86. The molecule has 0 fully saturated rings. The van der Waals surface area contributed by atoms with E-state index in [-0.39, 0.29) is 11.4 Å². The van der Waals surface area contributed by atoms with Gasteiger partial charge in [-0.05, 0) is 13.0 Å². The van der Waals surface area contributed by atoms with E-state index in [1.165, 1.54) is 6.07 Å². The molecule has 0 bridgehead atoms. The first-order valence-electron chi connectivity index (χ1n) is 6.59. The summed E-state index contributed by atoms with van der Waals surface area (Å²) in [6.07, 6.45) is 2.32. The summed E-state index contributed by atoms with van der Waals surface area (Å²) in [5.74, 6) is 1.01. The van der Waals surface area contributed by atoms with E-state index in [2.05, 4.69) is 15.4 Å². The molecule has 0 aliphatic rings. The van der Waals surface area contributed by atoms with Crippen molar-refractivity contribution < 1.29 is 9.66 Å². The first kappa shape index (κ1) is 14.8. The zero-order valence-electron chi connectivity index (χ0n) is 11.9. The van der Waals surface area contributed by atoms with Crippen molar-refractivity contribution in [1.82, 2.24) is 14.8 Å².